The van der Waals surface area contributed by atoms with Crippen LogP contribution < -0.4 is 0 Å². The molecular weight excluding hydrogens is 384 g/mol. The number of benzene rings is 1. The van der Waals surface area contributed by atoms with Gasteiger partial charge in [0.25, 0.3) is 0 Å². The number of ether oxygens (including phenoxy) is 2. The van der Waals surface area contributed by atoms with Crippen molar-refractivity contribution in [3.8, 4) is 0 Å². The number of carbonyl (C=O) groups is 2. The number of hydrogen-bond donors (Lipinski definition) is 1. The molecule has 1 unspecified atom stereocenters. The Morgan fingerprint density at radius 2 is 1.59 bits per heavy atom. The van der Waals surface area contributed by atoms with Gasteiger partial charge in [-0.05, 0) is 36.9 Å². The molecule has 0 aromatic heterocycles. The minimum atomic E-state index is -1.97. The van der Waals surface area contributed by atoms with Gasteiger partial charge in [0, 0.05) is 13.0 Å². The van der Waals surface area contributed by atoms with Crippen LogP contribution in [-0.4, -0.2) is 43.2 Å². The lowest BCUT2D eigenvalue weighted by Crippen LogP contribution is -2.46. The standard InChI is InChI=1S/C23H38O5Si/c1-22(2,3)28-21(26)20(25)19(24)14-18(29(7,8)23(4,5)6)16-27-15-17-12-10-9-11-13-17/h9-13,18,20,25H,14-16H2,1-8H3/t18-,20?/m0/s1. The van der Waals surface area contributed by atoms with Crippen molar-refractivity contribution in [3.63, 3.8) is 0 Å². The monoisotopic (exact) mass is 422 g/mol. The van der Waals surface area contributed by atoms with Crippen molar-refractivity contribution in [1.82, 2.24) is 0 Å². The van der Waals surface area contributed by atoms with E-state index < -0.39 is 31.5 Å². The summed E-state index contributed by atoms with van der Waals surface area (Å²) in [5, 5.41) is 10.3. The van der Waals surface area contributed by atoms with Crippen LogP contribution in [0.4, 0.5) is 0 Å². The van der Waals surface area contributed by atoms with Crippen LogP contribution in [0.2, 0.25) is 23.7 Å². The van der Waals surface area contributed by atoms with E-state index in [-0.39, 0.29) is 17.0 Å². The topological polar surface area (TPSA) is 72.8 Å². The maximum Gasteiger partial charge on any atom is 0.343 e. The highest BCUT2D eigenvalue weighted by atomic mass is 28.3. The molecule has 0 heterocycles. The van der Waals surface area contributed by atoms with Crippen molar-refractivity contribution < 1.29 is 24.2 Å². The summed E-state index contributed by atoms with van der Waals surface area (Å²) in [6.07, 6.45) is -1.65. The fourth-order valence-corrected chi connectivity index (χ4v) is 5.34. The third-order valence-electron chi connectivity index (χ3n) is 5.77. The predicted octanol–water partition coefficient (Wildman–Crippen LogP) is 4.74. The molecular formula is C23H38O5Si. The summed E-state index contributed by atoms with van der Waals surface area (Å²) in [4.78, 5) is 24.8. The van der Waals surface area contributed by atoms with Gasteiger partial charge in [-0.3, -0.25) is 4.79 Å². The number of Topliss-reactive ketones (excluding diaryl/α,β-unsaturated/α-hetero) is 1. The van der Waals surface area contributed by atoms with Crippen molar-refractivity contribution >= 4 is 19.8 Å². The lowest BCUT2D eigenvalue weighted by Gasteiger charge is -2.43. The largest absolute Gasteiger partial charge is 0.458 e. The first-order valence-corrected chi connectivity index (χ1v) is 13.3. The summed E-state index contributed by atoms with van der Waals surface area (Å²) >= 11 is 0. The van der Waals surface area contributed by atoms with E-state index in [0.29, 0.717) is 13.2 Å². The van der Waals surface area contributed by atoms with E-state index in [1.165, 1.54) is 0 Å². The molecule has 0 amide bonds. The third-order valence-corrected chi connectivity index (χ3v) is 12.0. The van der Waals surface area contributed by atoms with E-state index in [9.17, 15) is 14.7 Å². The molecule has 0 radical (unpaired) electrons. The van der Waals surface area contributed by atoms with Gasteiger partial charge in [0.1, 0.15) is 5.60 Å². The molecule has 0 aliphatic heterocycles. The molecule has 1 aromatic rings. The molecule has 29 heavy (non-hydrogen) atoms. The lowest BCUT2D eigenvalue weighted by molar-refractivity contribution is -0.167. The normalized spacial score (nSPS) is 14.9. The number of esters is 1. The number of rotatable bonds is 9. The summed E-state index contributed by atoms with van der Waals surface area (Å²) in [5.74, 6) is -1.39. The van der Waals surface area contributed by atoms with Crippen LogP contribution in [0.5, 0.6) is 0 Å². The van der Waals surface area contributed by atoms with Crippen LogP contribution >= 0.6 is 0 Å². The number of hydrogen-bond acceptors (Lipinski definition) is 5. The van der Waals surface area contributed by atoms with Crippen LogP contribution in [0.3, 0.4) is 0 Å². The Kier molecular flexibility index (Phi) is 8.81. The molecule has 5 nitrogen and oxygen atoms in total. The SMILES string of the molecule is CC(C)(C)OC(=O)C(O)C(=O)C[C@@H](COCc1ccccc1)[Si](C)(C)C(C)(C)C. The Morgan fingerprint density at radius 1 is 1.03 bits per heavy atom. The molecule has 0 aliphatic carbocycles. The first-order chi connectivity index (χ1) is 13.1. The van der Waals surface area contributed by atoms with Crippen LogP contribution in [0.1, 0.15) is 53.5 Å². The molecule has 0 spiro atoms. The zero-order valence-corrected chi connectivity index (χ0v) is 20.2. The summed E-state index contributed by atoms with van der Waals surface area (Å²) in [5.41, 5.74) is 0.285. The third kappa shape index (κ3) is 8.03. The average molecular weight is 423 g/mol. The van der Waals surface area contributed by atoms with Crippen molar-refractivity contribution in [1.29, 1.82) is 0 Å². The molecule has 0 bridgehead atoms. The molecule has 1 N–H and O–H groups in total. The van der Waals surface area contributed by atoms with Crippen LogP contribution in [0.25, 0.3) is 0 Å². The highest BCUT2D eigenvalue weighted by molar-refractivity contribution is 6.81. The average Bonchev–Trinajstić information content (AvgIpc) is 2.58. The quantitative estimate of drug-likeness (QED) is 0.353. The number of aliphatic hydroxyl groups excluding tert-OH is 1. The minimum absolute atomic E-state index is 0.0317. The molecule has 0 aliphatic rings. The van der Waals surface area contributed by atoms with Gasteiger partial charge in [-0.25, -0.2) is 4.79 Å². The maximum absolute atomic E-state index is 12.7. The molecule has 1 rings (SSSR count). The molecule has 6 heteroatoms. The van der Waals surface area contributed by atoms with Crippen molar-refractivity contribution in [2.24, 2.45) is 0 Å². The van der Waals surface area contributed by atoms with Gasteiger partial charge in [-0.1, -0.05) is 64.2 Å². The van der Waals surface area contributed by atoms with Gasteiger partial charge in [-0.2, -0.15) is 0 Å². The van der Waals surface area contributed by atoms with Gasteiger partial charge in [0.2, 0.25) is 6.10 Å². The predicted molar refractivity (Wildman–Crippen MR) is 119 cm³/mol. The first kappa shape index (κ1) is 25.5. The van der Waals surface area contributed by atoms with E-state index in [0.717, 1.165) is 5.56 Å². The summed E-state index contributed by atoms with van der Waals surface area (Å²) in [7, 11) is -1.97. The molecule has 1 aromatic carbocycles. The number of carbonyl (C=O) groups excluding carboxylic acids is 2. The second kappa shape index (κ2) is 10.0. The molecule has 2 atom stereocenters. The van der Waals surface area contributed by atoms with Gasteiger partial charge < -0.3 is 14.6 Å². The van der Waals surface area contributed by atoms with E-state index in [4.69, 9.17) is 9.47 Å². The van der Waals surface area contributed by atoms with Crippen molar-refractivity contribution in [3.05, 3.63) is 35.9 Å². The molecule has 0 saturated carbocycles. The van der Waals surface area contributed by atoms with E-state index in [1.54, 1.807) is 20.8 Å². The Hall–Kier alpha value is -1.50. The van der Waals surface area contributed by atoms with Crippen LogP contribution in [0.15, 0.2) is 30.3 Å². The van der Waals surface area contributed by atoms with Gasteiger partial charge in [-0.15, -0.1) is 0 Å². The molecule has 0 fully saturated rings. The van der Waals surface area contributed by atoms with Crippen LogP contribution in [0, 0.1) is 0 Å². The van der Waals surface area contributed by atoms with E-state index in [2.05, 4.69) is 33.9 Å². The fraction of sp³-hybridized carbons (Fsp3) is 0.652. The van der Waals surface area contributed by atoms with Crippen molar-refractivity contribution in [2.75, 3.05) is 6.61 Å². The Bertz CT molecular complexity index is 671. The summed E-state index contributed by atoms with van der Waals surface area (Å²) in [6, 6.07) is 9.88. The maximum atomic E-state index is 12.7. The summed E-state index contributed by atoms with van der Waals surface area (Å²) < 4.78 is 11.1. The second-order valence-corrected chi connectivity index (χ2v) is 16.0. The van der Waals surface area contributed by atoms with Gasteiger partial charge in [0.05, 0.1) is 14.7 Å². The molecule has 0 saturated heterocycles. The van der Waals surface area contributed by atoms with Crippen LogP contribution in [-0.2, 0) is 25.7 Å². The Balaban J connectivity index is 2.88. The lowest BCUT2D eigenvalue weighted by atomic mass is 10.1. The second-order valence-electron chi connectivity index (χ2n) is 10.3. The van der Waals surface area contributed by atoms with Gasteiger partial charge in [0.15, 0.2) is 5.78 Å². The smallest absolute Gasteiger partial charge is 0.343 e. The fourth-order valence-electron chi connectivity index (χ4n) is 2.87. The minimum Gasteiger partial charge on any atom is -0.458 e. The number of aliphatic hydroxyl groups is 1. The number of ketones is 1. The summed E-state index contributed by atoms with van der Waals surface area (Å²) in [6.45, 7) is 17.0. The Morgan fingerprint density at radius 3 is 2.07 bits per heavy atom. The zero-order chi connectivity index (χ0) is 22.5. The van der Waals surface area contributed by atoms with Gasteiger partial charge >= 0.3 is 5.97 Å². The highest BCUT2D eigenvalue weighted by Gasteiger charge is 2.44. The van der Waals surface area contributed by atoms with E-state index >= 15 is 0 Å². The molecule has 164 valence electrons. The van der Waals surface area contributed by atoms with Crippen molar-refractivity contribution in [2.45, 2.75) is 89.9 Å². The van der Waals surface area contributed by atoms with E-state index in [1.807, 2.05) is 30.3 Å². The first-order valence-electron chi connectivity index (χ1n) is 10.2. The Labute approximate surface area is 176 Å². The highest BCUT2D eigenvalue weighted by Crippen LogP contribution is 2.45. The zero-order valence-electron chi connectivity index (χ0n) is 19.2.